The molecule has 0 heterocycles. The van der Waals surface area contributed by atoms with Gasteiger partial charge in [0.05, 0.1) is 26.1 Å². The highest BCUT2D eigenvalue weighted by Crippen LogP contribution is 2.24. The molecular formula is C16H30N2O4. The van der Waals surface area contributed by atoms with E-state index >= 15 is 0 Å². The van der Waals surface area contributed by atoms with E-state index in [1.807, 2.05) is 0 Å². The van der Waals surface area contributed by atoms with E-state index in [0.717, 1.165) is 51.4 Å². The molecule has 2 aliphatic rings. The van der Waals surface area contributed by atoms with E-state index in [2.05, 4.69) is 9.47 Å². The summed E-state index contributed by atoms with van der Waals surface area (Å²) in [5.74, 6) is -0.378. The van der Waals surface area contributed by atoms with Crippen LogP contribution in [-0.4, -0.2) is 38.2 Å². The zero-order valence-corrected chi connectivity index (χ0v) is 13.8. The van der Waals surface area contributed by atoms with Gasteiger partial charge in [-0.05, 0) is 25.7 Å². The molecule has 2 rings (SSSR count). The lowest BCUT2D eigenvalue weighted by atomic mass is 9.85. The minimum Gasteiger partial charge on any atom is -0.469 e. The van der Waals surface area contributed by atoms with E-state index in [1.54, 1.807) is 0 Å². The van der Waals surface area contributed by atoms with Crippen LogP contribution in [0.15, 0.2) is 0 Å². The standard InChI is InChI=1S/2C8H15NO2/c2*1-11-8(10)6-4-2-3-5-7(6)9/h2*6-7H,2-5,9H2,1H3/t2*6-,7-/m10/s1. The van der Waals surface area contributed by atoms with E-state index < -0.39 is 0 Å². The number of hydrogen-bond acceptors (Lipinski definition) is 6. The summed E-state index contributed by atoms with van der Waals surface area (Å²) in [5.41, 5.74) is 11.5. The first kappa shape index (κ1) is 18.9. The topological polar surface area (TPSA) is 105 Å². The monoisotopic (exact) mass is 314 g/mol. The van der Waals surface area contributed by atoms with Gasteiger partial charge in [0, 0.05) is 12.1 Å². The molecule has 22 heavy (non-hydrogen) atoms. The molecule has 0 aromatic heterocycles. The second-order valence-electron chi connectivity index (χ2n) is 6.16. The molecule has 128 valence electrons. The molecule has 4 atom stereocenters. The van der Waals surface area contributed by atoms with Gasteiger partial charge in [-0.25, -0.2) is 0 Å². The summed E-state index contributed by atoms with van der Waals surface area (Å²) in [6.45, 7) is 0. The second kappa shape index (κ2) is 9.79. The highest BCUT2D eigenvalue weighted by atomic mass is 16.5. The van der Waals surface area contributed by atoms with Gasteiger partial charge in [-0.15, -0.1) is 0 Å². The predicted molar refractivity (Wildman–Crippen MR) is 83.9 cm³/mol. The number of hydrogen-bond donors (Lipinski definition) is 2. The maximum absolute atomic E-state index is 11.1. The van der Waals surface area contributed by atoms with Gasteiger partial charge in [0.25, 0.3) is 0 Å². The number of carbonyl (C=O) groups is 2. The summed E-state index contributed by atoms with van der Waals surface area (Å²) < 4.78 is 9.28. The molecular weight excluding hydrogens is 284 g/mol. The van der Waals surface area contributed by atoms with Gasteiger partial charge in [0.15, 0.2) is 0 Å². The van der Waals surface area contributed by atoms with Crippen molar-refractivity contribution in [1.82, 2.24) is 0 Å². The van der Waals surface area contributed by atoms with Crippen molar-refractivity contribution >= 4 is 11.9 Å². The summed E-state index contributed by atoms with van der Waals surface area (Å²) in [5, 5.41) is 0. The summed E-state index contributed by atoms with van der Waals surface area (Å²) in [4.78, 5) is 22.2. The van der Waals surface area contributed by atoms with Crippen LogP contribution < -0.4 is 11.5 Å². The second-order valence-corrected chi connectivity index (χ2v) is 6.16. The maximum Gasteiger partial charge on any atom is 0.310 e. The Morgan fingerprint density at radius 3 is 1.32 bits per heavy atom. The smallest absolute Gasteiger partial charge is 0.310 e. The molecule has 0 unspecified atom stereocenters. The van der Waals surface area contributed by atoms with Crippen molar-refractivity contribution < 1.29 is 19.1 Å². The van der Waals surface area contributed by atoms with Crippen LogP contribution in [0.5, 0.6) is 0 Å². The fraction of sp³-hybridized carbons (Fsp3) is 0.875. The Bertz CT molecular complexity index is 328. The molecule has 4 N–H and O–H groups in total. The van der Waals surface area contributed by atoms with E-state index in [4.69, 9.17) is 11.5 Å². The van der Waals surface area contributed by atoms with Gasteiger partial charge < -0.3 is 20.9 Å². The lowest BCUT2D eigenvalue weighted by Crippen LogP contribution is -2.38. The maximum atomic E-state index is 11.1. The highest BCUT2D eigenvalue weighted by molar-refractivity contribution is 5.73. The largest absolute Gasteiger partial charge is 0.469 e. The fourth-order valence-electron chi connectivity index (χ4n) is 3.21. The fourth-order valence-corrected chi connectivity index (χ4v) is 3.21. The Hall–Kier alpha value is -1.14. The van der Waals surface area contributed by atoms with E-state index in [9.17, 15) is 9.59 Å². The first-order valence-electron chi connectivity index (χ1n) is 8.18. The van der Waals surface area contributed by atoms with Crippen LogP contribution in [-0.2, 0) is 19.1 Å². The van der Waals surface area contributed by atoms with Crippen molar-refractivity contribution in [2.45, 2.75) is 63.5 Å². The van der Waals surface area contributed by atoms with E-state index in [-0.39, 0.29) is 35.9 Å². The van der Waals surface area contributed by atoms with Crippen molar-refractivity contribution in [3.63, 3.8) is 0 Å². The van der Waals surface area contributed by atoms with Gasteiger partial charge in [0.1, 0.15) is 0 Å². The third-order valence-corrected chi connectivity index (χ3v) is 4.65. The van der Waals surface area contributed by atoms with Crippen LogP contribution in [0.2, 0.25) is 0 Å². The molecule has 0 aromatic rings. The zero-order chi connectivity index (χ0) is 16.5. The van der Waals surface area contributed by atoms with E-state index in [1.165, 1.54) is 14.2 Å². The molecule has 6 heteroatoms. The molecule has 0 saturated heterocycles. The molecule has 0 spiro atoms. The molecule has 0 radical (unpaired) electrons. The van der Waals surface area contributed by atoms with Crippen LogP contribution in [0.1, 0.15) is 51.4 Å². The van der Waals surface area contributed by atoms with Crippen molar-refractivity contribution in [2.24, 2.45) is 23.3 Å². The number of esters is 2. The molecule has 2 fully saturated rings. The van der Waals surface area contributed by atoms with Crippen LogP contribution >= 0.6 is 0 Å². The van der Waals surface area contributed by atoms with Crippen molar-refractivity contribution in [2.75, 3.05) is 14.2 Å². The minimum absolute atomic E-state index is 0.0243. The number of carbonyl (C=O) groups excluding carboxylic acids is 2. The minimum atomic E-state index is -0.141. The predicted octanol–water partition coefficient (Wildman–Crippen LogP) is 1.35. The Balaban J connectivity index is 0.000000220. The SMILES string of the molecule is COC(=O)[C@@H]1CCCC[C@H]1N.COC(=O)[C@H]1CCCC[C@@H]1N. The Morgan fingerprint density at radius 2 is 1.05 bits per heavy atom. The normalized spacial score (nSPS) is 31.5. The average Bonchev–Trinajstić information content (AvgIpc) is 2.55. The molecule has 6 nitrogen and oxygen atoms in total. The molecule has 0 bridgehead atoms. The van der Waals surface area contributed by atoms with Crippen LogP contribution in [0.25, 0.3) is 0 Å². The third-order valence-electron chi connectivity index (χ3n) is 4.65. The molecule has 0 aliphatic heterocycles. The first-order chi connectivity index (χ1) is 10.5. The zero-order valence-electron chi connectivity index (χ0n) is 13.8. The number of rotatable bonds is 2. The number of nitrogens with two attached hydrogens (primary N) is 2. The Morgan fingerprint density at radius 1 is 0.727 bits per heavy atom. The average molecular weight is 314 g/mol. The summed E-state index contributed by atoms with van der Waals surface area (Å²) >= 11 is 0. The van der Waals surface area contributed by atoms with Gasteiger partial charge in [-0.1, -0.05) is 25.7 Å². The summed E-state index contributed by atoms with van der Waals surface area (Å²) in [6, 6.07) is 0.0485. The van der Waals surface area contributed by atoms with Gasteiger partial charge in [-0.3, -0.25) is 9.59 Å². The van der Waals surface area contributed by atoms with Crippen LogP contribution in [0.3, 0.4) is 0 Å². The quantitative estimate of drug-likeness (QED) is 0.746. The Labute approximate surface area is 132 Å². The summed E-state index contributed by atoms with van der Waals surface area (Å²) in [7, 11) is 2.84. The molecule has 2 aliphatic carbocycles. The van der Waals surface area contributed by atoms with Crippen molar-refractivity contribution in [3.05, 3.63) is 0 Å². The van der Waals surface area contributed by atoms with Crippen molar-refractivity contribution in [3.8, 4) is 0 Å². The van der Waals surface area contributed by atoms with Gasteiger partial charge in [-0.2, -0.15) is 0 Å². The summed E-state index contributed by atoms with van der Waals surface area (Å²) in [6.07, 6.45) is 8.21. The van der Waals surface area contributed by atoms with E-state index in [0.29, 0.717) is 0 Å². The third kappa shape index (κ3) is 5.57. The molecule has 2 saturated carbocycles. The van der Waals surface area contributed by atoms with Crippen LogP contribution in [0.4, 0.5) is 0 Å². The number of methoxy groups -OCH3 is 2. The molecule has 0 aromatic carbocycles. The first-order valence-corrected chi connectivity index (χ1v) is 8.18. The van der Waals surface area contributed by atoms with Gasteiger partial charge >= 0.3 is 11.9 Å². The number of ether oxygens (including phenoxy) is 2. The van der Waals surface area contributed by atoms with Gasteiger partial charge in [0.2, 0.25) is 0 Å². The lowest BCUT2D eigenvalue weighted by Gasteiger charge is -2.25. The van der Waals surface area contributed by atoms with Crippen LogP contribution in [0, 0.1) is 11.8 Å². The highest BCUT2D eigenvalue weighted by Gasteiger charge is 2.29. The Kier molecular flexibility index (Phi) is 8.42. The van der Waals surface area contributed by atoms with Crippen molar-refractivity contribution in [1.29, 1.82) is 0 Å². The lowest BCUT2D eigenvalue weighted by molar-refractivity contribution is -0.148. The molecule has 0 amide bonds.